The first-order chi connectivity index (χ1) is 6.47. The van der Waals surface area contributed by atoms with E-state index in [9.17, 15) is 9.59 Å². The summed E-state index contributed by atoms with van der Waals surface area (Å²) in [5.74, 6) is -0.442. The van der Waals surface area contributed by atoms with Gasteiger partial charge in [-0.15, -0.1) is 0 Å². The summed E-state index contributed by atoms with van der Waals surface area (Å²) in [6.07, 6.45) is 0. The first kappa shape index (κ1) is 13.9. The third kappa shape index (κ3) is 6.37. The molecule has 0 aromatic heterocycles. The molecule has 0 N–H and O–H groups in total. The van der Waals surface area contributed by atoms with Crippen molar-refractivity contribution in [3.63, 3.8) is 0 Å². The minimum atomic E-state index is -1.60. The Kier molecular flexibility index (Phi) is 7.18. The van der Waals surface area contributed by atoms with Crippen molar-refractivity contribution in [3.8, 4) is 0 Å². The molecule has 0 atom stereocenters. The summed E-state index contributed by atoms with van der Waals surface area (Å²) < 4.78 is 10.5. The molecule has 0 aliphatic carbocycles. The molecule has 14 heavy (non-hydrogen) atoms. The zero-order chi connectivity index (χ0) is 11.1. The van der Waals surface area contributed by atoms with Crippen molar-refractivity contribution >= 4 is 20.2 Å². The van der Waals surface area contributed by atoms with Gasteiger partial charge in [-0.3, -0.25) is 0 Å². The molecule has 6 heteroatoms. The van der Waals surface area contributed by atoms with E-state index in [-0.39, 0.29) is 6.61 Å². The summed E-state index contributed by atoms with van der Waals surface area (Å²) in [5, 5.41) is 0. The fourth-order valence-corrected chi connectivity index (χ4v) is 3.22. The van der Waals surface area contributed by atoms with E-state index in [0.717, 1.165) is 3.08 Å². The van der Waals surface area contributed by atoms with Crippen molar-refractivity contribution in [2.45, 2.75) is 20.8 Å². The van der Waals surface area contributed by atoms with Gasteiger partial charge in [0.05, 0.1) is 0 Å². The van der Waals surface area contributed by atoms with Crippen molar-refractivity contribution in [1.82, 2.24) is 0 Å². The van der Waals surface area contributed by atoms with E-state index in [0.29, 0.717) is 5.76 Å². The van der Waals surface area contributed by atoms with E-state index in [1.54, 1.807) is 6.92 Å². The Balaban J connectivity index is 4.40. The summed E-state index contributed by atoms with van der Waals surface area (Å²) >= 11 is -1.60. The summed E-state index contributed by atoms with van der Waals surface area (Å²) in [7, 11) is 5.78. The summed E-state index contributed by atoms with van der Waals surface area (Å²) in [6, 6.07) is 0. The average molecular weight is 407 g/mol. The molecule has 0 bridgehead atoms. The monoisotopic (exact) mass is 408 g/mol. The normalized spacial score (nSPS) is 11.1. The van der Waals surface area contributed by atoms with Gasteiger partial charge in [-0.2, -0.15) is 0 Å². The van der Waals surface area contributed by atoms with Crippen LogP contribution in [0.3, 0.4) is 0 Å². The van der Waals surface area contributed by atoms with Gasteiger partial charge in [-0.05, 0) is 0 Å². The predicted molar refractivity (Wildman–Crippen MR) is 47.0 cm³/mol. The Bertz CT molecular complexity index is 262. The van der Waals surface area contributed by atoms with Crippen LogP contribution >= 0.6 is 8.25 Å². The van der Waals surface area contributed by atoms with Gasteiger partial charge in [-0.25, -0.2) is 0 Å². The van der Waals surface area contributed by atoms with E-state index in [1.165, 1.54) is 13.8 Å². The molecule has 0 aromatic carbocycles. The van der Waals surface area contributed by atoms with E-state index in [1.807, 2.05) is 0 Å². The molecule has 0 aromatic rings. The molecular formula is C8H11ClHgO4. The second-order valence-electron chi connectivity index (χ2n) is 2.71. The Morgan fingerprint density at radius 3 is 2.14 bits per heavy atom. The van der Waals surface area contributed by atoms with E-state index >= 15 is 0 Å². The third-order valence-electron chi connectivity index (χ3n) is 1.35. The van der Waals surface area contributed by atoms with Gasteiger partial charge >= 0.3 is 98.8 Å². The maximum absolute atomic E-state index is 10.7. The summed E-state index contributed by atoms with van der Waals surface area (Å²) in [4.78, 5) is 21.2. The van der Waals surface area contributed by atoms with Crippen LogP contribution in [0.5, 0.6) is 0 Å². The number of ether oxygens (including phenoxy) is 2. The van der Waals surface area contributed by atoms with E-state index in [2.05, 4.69) is 0 Å². The molecule has 4 nitrogen and oxygen atoms in total. The number of esters is 2. The fourth-order valence-electron chi connectivity index (χ4n) is 0.655. The van der Waals surface area contributed by atoms with Crippen LogP contribution in [-0.4, -0.2) is 18.5 Å². The number of hydrogen-bond donors (Lipinski definition) is 0. The number of rotatable bonds is 4. The van der Waals surface area contributed by atoms with Crippen molar-refractivity contribution in [2.75, 3.05) is 6.61 Å². The average Bonchev–Trinajstić information content (AvgIpc) is 2.10. The van der Waals surface area contributed by atoms with Crippen LogP contribution in [0, 0.1) is 0 Å². The Morgan fingerprint density at radius 1 is 1.21 bits per heavy atom. The molecule has 0 unspecified atom stereocenters. The van der Waals surface area contributed by atoms with Gasteiger partial charge in [0, 0.05) is 0 Å². The number of halogens is 1. The molecule has 0 fully saturated rings. The summed E-state index contributed by atoms with van der Waals surface area (Å²) in [5.41, 5.74) is 0. The van der Waals surface area contributed by atoms with Crippen molar-refractivity contribution < 1.29 is 42.4 Å². The van der Waals surface area contributed by atoms with Gasteiger partial charge in [0.25, 0.3) is 0 Å². The number of carbonyl (C=O) groups is 2. The van der Waals surface area contributed by atoms with Gasteiger partial charge in [0.15, 0.2) is 0 Å². The van der Waals surface area contributed by atoms with Crippen molar-refractivity contribution in [3.05, 3.63) is 8.84 Å². The Morgan fingerprint density at radius 2 is 1.79 bits per heavy atom. The van der Waals surface area contributed by atoms with Crippen LogP contribution in [0.4, 0.5) is 0 Å². The number of carbonyl (C=O) groups excluding carboxylic acids is 2. The number of hydrogen-bond acceptors (Lipinski definition) is 4. The van der Waals surface area contributed by atoms with Gasteiger partial charge in [-0.1, -0.05) is 0 Å². The first-order valence-electron chi connectivity index (χ1n) is 4.03. The third-order valence-corrected chi connectivity index (χ3v) is 7.96. The molecule has 0 radical (unpaired) electrons. The van der Waals surface area contributed by atoms with Crippen LogP contribution in [0.15, 0.2) is 8.84 Å². The molecule has 0 spiro atoms. The molecular weight excluding hydrogens is 396 g/mol. The quantitative estimate of drug-likeness (QED) is 0.404. The molecule has 0 aliphatic heterocycles. The zero-order valence-electron chi connectivity index (χ0n) is 8.43. The van der Waals surface area contributed by atoms with Gasteiger partial charge in [0.2, 0.25) is 0 Å². The molecule has 0 aliphatic rings. The Labute approximate surface area is 98.5 Å². The second-order valence-corrected chi connectivity index (χ2v) is 10.2. The van der Waals surface area contributed by atoms with Crippen LogP contribution in [-0.2, 0) is 42.4 Å². The maximum atomic E-state index is 10.7. The number of allylic oxidation sites excluding steroid dienone is 1. The van der Waals surface area contributed by atoms with Gasteiger partial charge < -0.3 is 0 Å². The van der Waals surface area contributed by atoms with Crippen LogP contribution in [0.1, 0.15) is 20.8 Å². The molecule has 0 rings (SSSR count). The van der Waals surface area contributed by atoms with Crippen LogP contribution in [0.25, 0.3) is 0 Å². The topological polar surface area (TPSA) is 52.6 Å². The Hall–Kier alpha value is -0.0949. The standard InChI is InChI=1S/C8H11O4.ClH.Hg/c1-4-8(12-7(3)10)5-11-6(2)9;;/h5H2,1-3H3;1H;/q;;+1/p-1. The molecule has 0 saturated carbocycles. The molecule has 0 saturated heterocycles. The first-order valence-corrected chi connectivity index (χ1v) is 13.6. The second kappa shape index (κ2) is 7.23. The zero-order valence-corrected chi connectivity index (χ0v) is 14.7. The van der Waals surface area contributed by atoms with Crippen molar-refractivity contribution in [1.29, 1.82) is 0 Å². The van der Waals surface area contributed by atoms with Gasteiger partial charge in [0.1, 0.15) is 0 Å². The van der Waals surface area contributed by atoms with Crippen LogP contribution in [0.2, 0.25) is 0 Å². The molecule has 0 amide bonds. The summed E-state index contributed by atoms with van der Waals surface area (Å²) in [6.45, 7) is 4.39. The predicted octanol–water partition coefficient (Wildman–Crippen LogP) is 1.58. The van der Waals surface area contributed by atoms with Crippen molar-refractivity contribution in [2.24, 2.45) is 0 Å². The van der Waals surface area contributed by atoms with E-state index in [4.69, 9.17) is 17.7 Å². The molecule has 0 heterocycles. The van der Waals surface area contributed by atoms with Crippen LogP contribution < -0.4 is 0 Å². The minimum absolute atomic E-state index is 0.00648. The SMILES string of the molecule is CC(=O)OC/C(OC(C)=O)=[C](/C)[Hg][Cl]. The fraction of sp³-hybridized carbons (Fsp3) is 0.500. The molecule has 76 valence electrons. The van der Waals surface area contributed by atoms with E-state index < -0.39 is 35.3 Å².